The molecule has 120 valence electrons. The van der Waals surface area contributed by atoms with E-state index in [0.717, 1.165) is 6.07 Å². The van der Waals surface area contributed by atoms with Gasteiger partial charge in [0.2, 0.25) is 0 Å². The summed E-state index contributed by atoms with van der Waals surface area (Å²) in [6, 6.07) is 7.97. The van der Waals surface area contributed by atoms with Crippen LogP contribution in [0.4, 0.5) is 14.5 Å². The first-order valence-corrected chi connectivity index (χ1v) is 7.34. The van der Waals surface area contributed by atoms with Gasteiger partial charge in [-0.1, -0.05) is 0 Å². The van der Waals surface area contributed by atoms with Crippen molar-refractivity contribution in [1.29, 1.82) is 0 Å². The smallest absolute Gasteiger partial charge is 0.262 e. The van der Waals surface area contributed by atoms with Gasteiger partial charge in [-0.2, -0.15) is 0 Å². The van der Waals surface area contributed by atoms with E-state index in [1.54, 1.807) is 24.3 Å². The molecular weight excluding hydrogens is 372 g/mol. The average molecular weight is 384 g/mol. The van der Waals surface area contributed by atoms with Crippen molar-refractivity contribution in [2.45, 2.75) is 6.92 Å². The fourth-order valence-corrected chi connectivity index (χ4v) is 2.28. The fraction of sp³-hybridized carbons (Fsp3) is 0.125. The summed E-state index contributed by atoms with van der Waals surface area (Å²) in [5, 5.41) is 2.30. The molecule has 0 fully saturated rings. The number of hydrogen-bond acceptors (Lipinski definition) is 3. The number of hydrogen-bond donors (Lipinski definition) is 1. The van der Waals surface area contributed by atoms with Crippen molar-refractivity contribution < 1.29 is 23.1 Å². The van der Waals surface area contributed by atoms with Crippen LogP contribution in [0.2, 0.25) is 0 Å². The third-order valence-corrected chi connectivity index (χ3v) is 3.53. The van der Waals surface area contributed by atoms with Crippen LogP contribution in [0, 0.1) is 11.6 Å². The highest BCUT2D eigenvalue weighted by Gasteiger charge is 2.13. The quantitative estimate of drug-likeness (QED) is 0.795. The van der Waals surface area contributed by atoms with Gasteiger partial charge >= 0.3 is 0 Å². The molecule has 0 saturated heterocycles. The van der Waals surface area contributed by atoms with E-state index in [1.165, 1.54) is 6.92 Å². The van der Waals surface area contributed by atoms with E-state index in [0.29, 0.717) is 17.4 Å². The molecule has 0 aliphatic rings. The zero-order valence-corrected chi connectivity index (χ0v) is 13.6. The fourth-order valence-electron chi connectivity index (χ4n) is 1.77. The van der Waals surface area contributed by atoms with Crippen molar-refractivity contribution in [1.82, 2.24) is 0 Å². The molecule has 0 unspecified atom stereocenters. The van der Waals surface area contributed by atoms with Gasteiger partial charge in [-0.05, 0) is 53.2 Å². The first kappa shape index (κ1) is 17.1. The Bertz CT molecular complexity index is 724. The zero-order valence-electron chi connectivity index (χ0n) is 12.0. The predicted molar refractivity (Wildman–Crippen MR) is 84.6 cm³/mol. The molecule has 1 N–H and O–H groups in total. The Hall–Kier alpha value is -2.28. The normalized spacial score (nSPS) is 10.3. The number of amides is 1. The number of Topliss-reactive ketones (excluding diaryl/α,β-unsaturated/α-hetero) is 1. The van der Waals surface area contributed by atoms with Gasteiger partial charge in [0.1, 0.15) is 11.6 Å². The monoisotopic (exact) mass is 383 g/mol. The van der Waals surface area contributed by atoms with Crippen molar-refractivity contribution in [3.63, 3.8) is 0 Å². The summed E-state index contributed by atoms with van der Waals surface area (Å²) in [6.07, 6.45) is 0. The number of halogens is 3. The molecule has 0 bridgehead atoms. The molecule has 0 aliphatic carbocycles. The van der Waals surface area contributed by atoms with Gasteiger partial charge in [-0.3, -0.25) is 9.59 Å². The number of ether oxygens (including phenoxy) is 1. The lowest BCUT2D eigenvalue weighted by atomic mass is 10.1. The van der Waals surface area contributed by atoms with Crippen molar-refractivity contribution in [2.24, 2.45) is 0 Å². The largest absolute Gasteiger partial charge is 0.484 e. The van der Waals surface area contributed by atoms with Gasteiger partial charge in [-0.25, -0.2) is 8.78 Å². The number of rotatable bonds is 5. The molecular formula is C16H12BrF2NO3. The van der Waals surface area contributed by atoms with Crippen LogP contribution in [0.5, 0.6) is 5.75 Å². The molecule has 0 saturated carbocycles. The van der Waals surface area contributed by atoms with Gasteiger partial charge in [0.15, 0.2) is 18.2 Å². The molecule has 2 rings (SSSR count). The minimum absolute atomic E-state index is 0.0778. The highest BCUT2D eigenvalue weighted by Crippen LogP contribution is 2.26. The molecule has 1 amide bonds. The second kappa shape index (κ2) is 7.32. The average Bonchev–Trinajstić information content (AvgIpc) is 2.49. The molecule has 0 atom stereocenters. The number of anilines is 1. The van der Waals surface area contributed by atoms with Gasteiger partial charge in [-0.15, -0.1) is 0 Å². The van der Waals surface area contributed by atoms with Crippen LogP contribution < -0.4 is 10.1 Å². The number of ketones is 1. The molecule has 0 aliphatic heterocycles. The van der Waals surface area contributed by atoms with E-state index in [4.69, 9.17) is 4.74 Å². The standard InChI is InChI=1S/C16H12BrF2NO3/c1-9(21)10-2-4-12(5-3-10)23-8-15(22)20-16-13(17)6-11(18)7-14(16)19/h2-7H,8H2,1H3,(H,20,22). The minimum Gasteiger partial charge on any atom is -0.484 e. The Labute approximate surface area is 139 Å². The highest BCUT2D eigenvalue weighted by atomic mass is 79.9. The molecule has 0 spiro atoms. The Morgan fingerprint density at radius 3 is 2.39 bits per heavy atom. The number of nitrogens with one attached hydrogen (secondary N) is 1. The van der Waals surface area contributed by atoms with E-state index in [2.05, 4.69) is 21.2 Å². The van der Waals surface area contributed by atoms with E-state index < -0.39 is 17.5 Å². The lowest BCUT2D eigenvalue weighted by Gasteiger charge is -2.10. The Balaban J connectivity index is 1.96. The molecule has 2 aromatic carbocycles. The third-order valence-electron chi connectivity index (χ3n) is 2.90. The van der Waals surface area contributed by atoms with Crippen LogP contribution in [-0.4, -0.2) is 18.3 Å². The minimum atomic E-state index is -0.893. The predicted octanol–water partition coefficient (Wildman–Crippen LogP) is 3.95. The molecule has 0 radical (unpaired) electrons. The molecule has 2 aromatic rings. The van der Waals surface area contributed by atoms with Crippen molar-refractivity contribution in [3.05, 3.63) is 58.1 Å². The third kappa shape index (κ3) is 4.59. The molecule has 7 heteroatoms. The molecule has 0 aromatic heterocycles. The molecule has 4 nitrogen and oxygen atoms in total. The SMILES string of the molecule is CC(=O)c1ccc(OCC(=O)Nc2c(F)cc(F)cc2Br)cc1. The van der Waals surface area contributed by atoms with Crippen molar-refractivity contribution in [2.75, 3.05) is 11.9 Å². The van der Waals surface area contributed by atoms with Crippen LogP contribution in [0.1, 0.15) is 17.3 Å². The first-order valence-electron chi connectivity index (χ1n) is 6.55. The second-order valence-electron chi connectivity index (χ2n) is 4.66. The van der Waals surface area contributed by atoms with E-state index >= 15 is 0 Å². The Kier molecular flexibility index (Phi) is 5.44. The Morgan fingerprint density at radius 1 is 1.17 bits per heavy atom. The van der Waals surface area contributed by atoms with Gasteiger partial charge in [0, 0.05) is 16.1 Å². The lowest BCUT2D eigenvalue weighted by Crippen LogP contribution is -2.21. The molecule has 23 heavy (non-hydrogen) atoms. The summed E-state index contributed by atoms with van der Waals surface area (Å²) < 4.78 is 31.9. The second-order valence-corrected chi connectivity index (χ2v) is 5.52. The number of carbonyl (C=O) groups is 2. The first-order chi connectivity index (χ1) is 10.9. The number of carbonyl (C=O) groups excluding carboxylic acids is 2. The van der Waals surface area contributed by atoms with Crippen LogP contribution in [0.15, 0.2) is 40.9 Å². The topological polar surface area (TPSA) is 55.4 Å². The van der Waals surface area contributed by atoms with Crippen LogP contribution in [-0.2, 0) is 4.79 Å². The lowest BCUT2D eigenvalue weighted by molar-refractivity contribution is -0.118. The van der Waals surface area contributed by atoms with Crippen LogP contribution >= 0.6 is 15.9 Å². The summed E-state index contributed by atoms with van der Waals surface area (Å²) in [4.78, 5) is 22.9. The summed E-state index contributed by atoms with van der Waals surface area (Å²) in [7, 11) is 0. The van der Waals surface area contributed by atoms with Crippen LogP contribution in [0.25, 0.3) is 0 Å². The van der Waals surface area contributed by atoms with E-state index in [-0.39, 0.29) is 22.6 Å². The summed E-state index contributed by atoms with van der Waals surface area (Å²) >= 11 is 2.98. The van der Waals surface area contributed by atoms with Gasteiger partial charge in [0.05, 0.1) is 5.69 Å². The Morgan fingerprint density at radius 2 is 1.83 bits per heavy atom. The van der Waals surface area contributed by atoms with Crippen LogP contribution in [0.3, 0.4) is 0 Å². The van der Waals surface area contributed by atoms with Crippen molar-refractivity contribution in [3.8, 4) is 5.75 Å². The van der Waals surface area contributed by atoms with Gasteiger partial charge < -0.3 is 10.1 Å². The summed E-state index contributed by atoms with van der Waals surface area (Å²) in [5.41, 5.74) is 0.367. The maximum absolute atomic E-state index is 13.6. The maximum atomic E-state index is 13.6. The molecule has 0 heterocycles. The van der Waals surface area contributed by atoms with Gasteiger partial charge in [0.25, 0.3) is 5.91 Å². The number of benzene rings is 2. The maximum Gasteiger partial charge on any atom is 0.262 e. The van der Waals surface area contributed by atoms with E-state index in [1.807, 2.05) is 0 Å². The van der Waals surface area contributed by atoms with Crippen molar-refractivity contribution >= 4 is 33.3 Å². The highest BCUT2D eigenvalue weighted by molar-refractivity contribution is 9.10. The van der Waals surface area contributed by atoms with E-state index in [9.17, 15) is 18.4 Å². The summed E-state index contributed by atoms with van der Waals surface area (Å²) in [5.74, 6) is -1.94. The zero-order chi connectivity index (χ0) is 17.0. The summed E-state index contributed by atoms with van der Waals surface area (Å²) in [6.45, 7) is 1.08.